The van der Waals surface area contributed by atoms with Gasteiger partial charge in [-0.2, -0.15) is 5.26 Å². The quantitative estimate of drug-likeness (QED) is 0.723. The van der Waals surface area contributed by atoms with Crippen molar-refractivity contribution in [2.24, 2.45) is 0 Å². The largest absolute Gasteiger partial charge is 0.474 e. The van der Waals surface area contributed by atoms with Crippen LogP contribution >= 0.6 is 11.3 Å². The molecule has 2 aromatic rings. The van der Waals surface area contributed by atoms with Crippen molar-refractivity contribution < 1.29 is 9.84 Å². The molecule has 7 heteroatoms. The van der Waals surface area contributed by atoms with Gasteiger partial charge in [-0.1, -0.05) is 6.42 Å². The van der Waals surface area contributed by atoms with E-state index >= 15 is 0 Å². The Morgan fingerprint density at radius 2 is 1.97 bits per heavy atom. The lowest BCUT2D eigenvalue weighted by molar-refractivity contribution is 0.0756. The van der Waals surface area contributed by atoms with E-state index in [4.69, 9.17) is 10.00 Å². The first-order chi connectivity index (χ1) is 14.7. The van der Waals surface area contributed by atoms with Crippen LogP contribution in [-0.2, 0) is 6.42 Å². The summed E-state index contributed by atoms with van der Waals surface area (Å²) in [4.78, 5) is 14.0. The Kier molecular flexibility index (Phi) is 5.90. The van der Waals surface area contributed by atoms with Gasteiger partial charge in [0, 0.05) is 10.9 Å². The summed E-state index contributed by atoms with van der Waals surface area (Å²) in [5, 5.41) is 20.0. The molecule has 2 fully saturated rings. The van der Waals surface area contributed by atoms with Crippen molar-refractivity contribution in [3.05, 3.63) is 16.8 Å². The molecule has 1 saturated heterocycles. The van der Waals surface area contributed by atoms with E-state index in [0.717, 1.165) is 41.9 Å². The Hall–Kier alpha value is -1.75. The number of aryl methyl sites for hydroxylation is 1. The molecule has 2 aromatic heterocycles. The summed E-state index contributed by atoms with van der Waals surface area (Å²) >= 11 is 1.72. The summed E-state index contributed by atoms with van der Waals surface area (Å²) in [5.74, 6) is 0.892. The maximum Gasteiger partial charge on any atom is 0.225 e. The van der Waals surface area contributed by atoms with E-state index in [-0.39, 0.29) is 12.0 Å². The van der Waals surface area contributed by atoms with Crippen molar-refractivity contribution in [3.63, 3.8) is 0 Å². The molecule has 0 bridgehead atoms. The summed E-state index contributed by atoms with van der Waals surface area (Å²) in [5.41, 5.74) is 1.22. The van der Waals surface area contributed by atoms with E-state index in [9.17, 15) is 5.11 Å². The molecule has 1 N–H and O–H groups in total. The second kappa shape index (κ2) is 8.78. The molecule has 1 aliphatic heterocycles. The molecule has 2 aliphatic carbocycles. The topological polar surface area (TPSA) is 82.3 Å². The van der Waals surface area contributed by atoms with Gasteiger partial charge in [0.05, 0.1) is 11.5 Å². The lowest BCUT2D eigenvalue weighted by Crippen LogP contribution is -2.42. The monoisotopic (exact) mass is 426 g/mol. The highest BCUT2D eigenvalue weighted by atomic mass is 32.1. The summed E-state index contributed by atoms with van der Waals surface area (Å²) in [6.45, 7) is 2.53. The fourth-order valence-corrected chi connectivity index (χ4v) is 6.89. The molecule has 1 unspecified atom stereocenters. The number of ether oxygens (including phenoxy) is 1. The van der Waals surface area contributed by atoms with Crippen LogP contribution < -0.4 is 4.74 Å². The zero-order chi connectivity index (χ0) is 20.5. The minimum Gasteiger partial charge on any atom is -0.474 e. The van der Waals surface area contributed by atoms with Gasteiger partial charge in [-0.05, 0) is 82.4 Å². The highest BCUT2D eigenvalue weighted by Gasteiger charge is 2.33. The van der Waals surface area contributed by atoms with E-state index in [1.165, 1.54) is 55.6 Å². The molecule has 160 valence electrons. The molecule has 0 amide bonds. The third-order valence-electron chi connectivity index (χ3n) is 7.18. The Morgan fingerprint density at radius 3 is 2.73 bits per heavy atom. The SMILES string of the molecule is N#CC(O)C[C@H]1CCc2sc3ncnc(O[C@H]4CC[C@H](N5CCCCC5)CC4)c3c21. The van der Waals surface area contributed by atoms with Crippen LogP contribution in [0.1, 0.15) is 74.1 Å². The van der Waals surface area contributed by atoms with Crippen LogP contribution in [-0.4, -0.2) is 51.3 Å². The molecule has 3 aliphatic rings. The number of nitriles is 1. The normalized spacial score (nSPS) is 28.2. The highest BCUT2D eigenvalue weighted by Crippen LogP contribution is 2.47. The molecule has 3 heterocycles. The number of nitrogens with zero attached hydrogens (tertiary/aromatic N) is 4. The van der Waals surface area contributed by atoms with Gasteiger partial charge in [0.1, 0.15) is 23.4 Å². The summed E-state index contributed by atoms with van der Waals surface area (Å²) in [6.07, 6.45) is 12.0. The molecule has 6 nitrogen and oxygen atoms in total. The first-order valence-electron chi connectivity index (χ1n) is 11.5. The van der Waals surface area contributed by atoms with Gasteiger partial charge in [0.15, 0.2) is 0 Å². The van der Waals surface area contributed by atoms with E-state index in [2.05, 4.69) is 14.9 Å². The van der Waals surface area contributed by atoms with Gasteiger partial charge in [0.25, 0.3) is 0 Å². The van der Waals surface area contributed by atoms with Crippen molar-refractivity contribution >= 4 is 21.6 Å². The lowest BCUT2D eigenvalue weighted by Gasteiger charge is -2.38. The molecule has 0 radical (unpaired) electrons. The number of thiophene rings is 1. The van der Waals surface area contributed by atoms with Crippen LogP contribution in [0.25, 0.3) is 10.2 Å². The minimum absolute atomic E-state index is 0.187. The molecule has 0 spiro atoms. The predicted molar refractivity (Wildman–Crippen MR) is 117 cm³/mol. The number of piperidine rings is 1. The third kappa shape index (κ3) is 3.93. The Morgan fingerprint density at radius 1 is 1.17 bits per heavy atom. The van der Waals surface area contributed by atoms with Crippen molar-refractivity contribution in [1.29, 1.82) is 5.26 Å². The van der Waals surface area contributed by atoms with Crippen molar-refractivity contribution in [3.8, 4) is 11.9 Å². The molecule has 1 saturated carbocycles. The van der Waals surface area contributed by atoms with E-state index in [1.807, 2.05) is 6.07 Å². The van der Waals surface area contributed by atoms with Crippen LogP contribution in [0.5, 0.6) is 5.88 Å². The third-order valence-corrected chi connectivity index (χ3v) is 8.35. The number of likely N-dealkylation sites (tertiary alicyclic amines) is 1. The van der Waals surface area contributed by atoms with Gasteiger partial charge in [-0.3, -0.25) is 0 Å². The molecule has 2 atom stereocenters. The van der Waals surface area contributed by atoms with Gasteiger partial charge in [-0.15, -0.1) is 11.3 Å². The molecular formula is C23H30N4O2S. The number of hydrogen-bond donors (Lipinski definition) is 1. The predicted octanol–water partition coefficient (Wildman–Crippen LogP) is 4.17. The van der Waals surface area contributed by atoms with E-state index in [0.29, 0.717) is 12.3 Å². The number of aromatic nitrogens is 2. The van der Waals surface area contributed by atoms with Crippen LogP contribution in [0.4, 0.5) is 0 Å². The van der Waals surface area contributed by atoms with E-state index < -0.39 is 6.10 Å². The zero-order valence-electron chi connectivity index (χ0n) is 17.4. The maximum absolute atomic E-state index is 9.89. The van der Waals surface area contributed by atoms with Gasteiger partial charge in [-0.25, -0.2) is 9.97 Å². The smallest absolute Gasteiger partial charge is 0.225 e. The lowest BCUT2D eigenvalue weighted by atomic mass is 9.90. The Bertz CT molecular complexity index is 925. The fourth-order valence-electron chi connectivity index (χ4n) is 5.66. The van der Waals surface area contributed by atoms with Gasteiger partial charge < -0.3 is 14.7 Å². The first kappa shape index (κ1) is 20.2. The number of aliphatic hydroxyl groups excluding tert-OH is 1. The van der Waals surface area contributed by atoms with Crippen molar-refractivity contribution in [1.82, 2.24) is 14.9 Å². The molecule has 30 heavy (non-hydrogen) atoms. The number of rotatable bonds is 5. The van der Waals surface area contributed by atoms with Crippen LogP contribution in [0, 0.1) is 11.3 Å². The second-order valence-corrected chi connectivity index (χ2v) is 10.1. The second-order valence-electron chi connectivity index (χ2n) is 9.06. The van der Waals surface area contributed by atoms with E-state index in [1.54, 1.807) is 17.7 Å². The first-order valence-corrected chi connectivity index (χ1v) is 12.3. The maximum atomic E-state index is 9.89. The highest BCUT2D eigenvalue weighted by molar-refractivity contribution is 7.19. The molecular weight excluding hydrogens is 396 g/mol. The van der Waals surface area contributed by atoms with Crippen molar-refractivity contribution in [2.45, 2.75) is 88.4 Å². The Labute approximate surface area is 181 Å². The standard InChI is InChI=1S/C23H30N4O2S/c24-13-17(28)12-15-4-9-19-20(15)21-22(25-14-26-23(21)30-19)29-18-7-5-16(6-8-18)27-10-2-1-3-11-27/h14-18,28H,1-12H2/t15-,16-,17?,18-/m1/s1. The van der Waals surface area contributed by atoms with Gasteiger partial charge >= 0.3 is 0 Å². The average molecular weight is 427 g/mol. The zero-order valence-corrected chi connectivity index (χ0v) is 18.2. The van der Waals surface area contributed by atoms with Crippen LogP contribution in [0.3, 0.4) is 0 Å². The van der Waals surface area contributed by atoms with Gasteiger partial charge in [0.2, 0.25) is 5.88 Å². The minimum atomic E-state index is -0.921. The summed E-state index contributed by atoms with van der Waals surface area (Å²) in [6, 6.07) is 2.69. The average Bonchev–Trinajstić information content (AvgIpc) is 3.35. The number of aliphatic hydroxyl groups is 1. The van der Waals surface area contributed by atoms with Crippen LogP contribution in [0.15, 0.2) is 6.33 Å². The fraction of sp³-hybridized carbons (Fsp3) is 0.696. The number of fused-ring (bicyclic) bond motifs is 3. The summed E-state index contributed by atoms with van der Waals surface area (Å²) in [7, 11) is 0. The number of hydrogen-bond acceptors (Lipinski definition) is 7. The van der Waals surface area contributed by atoms with Crippen LogP contribution in [0.2, 0.25) is 0 Å². The van der Waals surface area contributed by atoms with Crippen molar-refractivity contribution in [2.75, 3.05) is 13.1 Å². The molecule has 5 rings (SSSR count). The Balaban J connectivity index is 1.31. The summed E-state index contributed by atoms with van der Waals surface area (Å²) < 4.78 is 6.48. The molecule has 0 aromatic carbocycles.